The van der Waals surface area contributed by atoms with Crippen LogP contribution in [-0.4, -0.2) is 38.4 Å². The number of ether oxygens (including phenoxy) is 3. The van der Waals surface area contributed by atoms with E-state index in [2.05, 4.69) is 4.99 Å². The first kappa shape index (κ1) is 15.5. The number of carbonyl (C=O) groups is 1. The average molecular weight is 310 g/mol. The second-order valence-electron chi connectivity index (χ2n) is 4.33. The maximum absolute atomic E-state index is 11.3. The summed E-state index contributed by atoms with van der Waals surface area (Å²) in [6.45, 7) is 2.58. The molecule has 21 heavy (non-hydrogen) atoms. The van der Waals surface area contributed by atoms with Crippen LogP contribution >= 0.6 is 11.3 Å². The molecular formula is C14H18N2O4S. The van der Waals surface area contributed by atoms with Crippen LogP contribution in [0.15, 0.2) is 17.1 Å². The summed E-state index contributed by atoms with van der Waals surface area (Å²) in [7, 11) is 4.83. The van der Waals surface area contributed by atoms with E-state index in [-0.39, 0.29) is 5.91 Å². The van der Waals surface area contributed by atoms with Gasteiger partial charge in [0, 0.05) is 32.7 Å². The van der Waals surface area contributed by atoms with Gasteiger partial charge < -0.3 is 18.8 Å². The smallest absolute Gasteiger partial charge is 0.245 e. The Labute approximate surface area is 126 Å². The van der Waals surface area contributed by atoms with Gasteiger partial charge in [0.15, 0.2) is 16.3 Å². The van der Waals surface area contributed by atoms with Gasteiger partial charge in [-0.25, -0.2) is 0 Å². The monoisotopic (exact) mass is 310 g/mol. The molecule has 0 aliphatic heterocycles. The molecule has 0 fully saturated rings. The van der Waals surface area contributed by atoms with Crippen LogP contribution < -0.4 is 14.3 Å². The predicted octanol–water partition coefficient (Wildman–Crippen LogP) is 1.81. The molecule has 0 atom stereocenters. The number of nitrogens with zero attached hydrogens (tertiary/aromatic N) is 2. The molecule has 1 aromatic carbocycles. The fraction of sp³-hybridized carbons (Fsp3) is 0.429. The zero-order valence-electron chi connectivity index (χ0n) is 12.5. The van der Waals surface area contributed by atoms with Crippen LogP contribution in [0.25, 0.3) is 10.2 Å². The van der Waals surface area contributed by atoms with Crippen LogP contribution in [0.5, 0.6) is 11.5 Å². The van der Waals surface area contributed by atoms with Gasteiger partial charge in [0.2, 0.25) is 5.91 Å². The van der Waals surface area contributed by atoms with Crippen LogP contribution in [0.2, 0.25) is 0 Å². The molecule has 114 valence electrons. The third kappa shape index (κ3) is 3.25. The molecule has 0 saturated heterocycles. The van der Waals surface area contributed by atoms with Gasteiger partial charge in [0.1, 0.15) is 0 Å². The van der Waals surface area contributed by atoms with E-state index in [0.29, 0.717) is 29.5 Å². The topological polar surface area (TPSA) is 62.1 Å². The quantitative estimate of drug-likeness (QED) is 0.845. The summed E-state index contributed by atoms with van der Waals surface area (Å²) in [6, 6.07) is 3.78. The van der Waals surface area contributed by atoms with Crippen LogP contribution in [0, 0.1) is 0 Å². The molecule has 0 radical (unpaired) electrons. The van der Waals surface area contributed by atoms with Gasteiger partial charge in [-0.15, -0.1) is 0 Å². The molecular weight excluding hydrogens is 292 g/mol. The first-order valence-electron chi connectivity index (χ1n) is 6.40. The lowest BCUT2D eigenvalue weighted by Crippen LogP contribution is -2.18. The molecule has 2 rings (SSSR count). The van der Waals surface area contributed by atoms with Crippen LogP contribution in [-0.2, 0) is 16.1 Å². The van der Waals surface area contributed by atoms with Crippen molar-refractivity contribution in [1.29, 1.82) is 0 Å². The van der Waals surface area contributed by atoms with E-state index in [1.165, 1.54) is 18.3 Å². The van der Waals surface area contributed by atoms with Gasteiger partial charge in [-0.3, -0.25) is 4.79 Å². The van der Waals surface area contributed by atoms with Crippen LogP contribution in [0.4, 0.5) is 0 Å². The molecule has 0 spiro atoms. The second kappa shape index (κ2) is 6.73. The van der Waals surface area contributed by atoms with Gasteiger partial charge in [0.25, 0.3) is 0 Å². The number of aromatic nitrogens is 1. The lowest BCUT2D eigenvalue weighted by Gasteiger charge is -2.09. The number of amides is 1. The standard InChI is InChI=1S/C14H18N2O4S/c1-9(17)15-14-16(5-6-18-2)10-7-11(19-3)12(20-4)8-13(10)21-14/h7-8H,5-6H2,1-4H3. The number of methoxy groups -OCH3 is 3. The van der Waals surface area contributed by atoms with Crippen molar-refractivity contribution < 1.29 is 19.0 Å². The Morgan fingerprint density at radius 3 is 2.48 bits per heavy atom. The van der Waals surface area contributed by atoms with E-state index in [1.807, 2.05) is 16.7 Å². The predicted molar refractivity (Wildman–Crippen MR) is 81.0 cm³/mol. The highest BCUT2D eigenvalue weighted by Gasteiger charge is 2.12. The Morgan fingerprint density at radius 2 is 1.90 bits per heavy atom. The zero-order chi connectivity index (χ0) is 15.4. The Bertz CT molecular complexity index is 718. The highest BCUT2D eigenvalue weighted by molar-refractivity contribution is 7.16. The molecule has 0 N–H and O–H groups in total. The largest absolute Gasteiger partial charge is 0.493 e. The summed E-state index contributed by atoms with van der Waals surface area (Å²) in [4.78, 5) is 16.0. The number of hydrogen-bond donors (Lipinski definition) is 0. The molecule has 0 saturated carbocycles. The minimum Gasteiger partial charge on any atom is -0.493 e. The fourth-order valence-corrected chi connectivity index (χ4v) is 3.13. The summed E-state index contributed by atoms with van der Waals surface area (Å²) in [5.41, 5.74) is 0.940. The highest BCUT2D eigenvalue weighted by Crippen LogP contribution is 2.33. The van der Waals surface area contributed by atoms with Crippen molar-refractivity contribution in [3.05, 3.63) is 16.9 Å². The minimum atomic E-state index is -0.230. The van der Waals surface area contributed by atoms with E-state index in [1.54, 1.807) is 21.3 Å². The fourth-order valence-electron chi connectivity index (χ4n) is 2.02. The molecule has 0 aliphatic carbocycles. The van der Waals surface area contributed by atoms with E-state index >= 15 is 0 Å². The van der Waals surface area contributed by atoms with Crippen molar-refractivity contribution >= 4 is 27.5 Å². The Hall–Kier alpha value is -1.86. The van der Waals surface area contributed by atoms with Gasteiger partial charge in [-0.1, -0.05) is 11.3 Å². The third-order valence-corrected chi connectivity index (χ3v) is 4.00. The summed E-state index contributed by atoms with van der Waals surface area (Å²) in [6.07, 6.45) is 0. The van der Waals surface area contributed by atoms with Crippen molar-refractivity contribution in [1.82, 2.24) is 4.57 Å². The number of rotatable bonds is 5. The summed E-state index contributed by atoms with van der Waals surface area (Å²) < 4.78 is 18.7. The second-order valence-corrected chi connectivity index (χ2v) is 5.34. The molecule has 1 heterocycles. The molecule has 7 heteroatoms. The van der Waals surface area contributed by atoms with E-state index in [9.17, 15) is 4.79 Å². The van der Waals surface area contributed by atoms with Crippen molar-refractivity contribution in [2.45, 2.75) is 13.5 Å². The maximum Gasteiger partial charge on any atom is 0.245 e. The summed E-state index contributed by atoms with van der Waals surface area (Å²) in [5, 5.41) is 0. The lowest BCUT2D eigenvalue weighted by atomic mass is 10.3. The van der Waals surface area contributed by atoms with Crippen molar-refractivity contribution in [2.24, 2.45) is 4.99 Å². The summed E-state index contributed by atoms with van der Waals surface area (Å²) >= 11 is 1.44. The lowest BCUT2D eigenvalue weighted by molar-refractivity contribution is -0.116. The first-order chi connectivity index (χ1) is 10.1. The van der Waals surface area contributed by atoms with Gasteiger partial charge in [0.05, 0.1) is 31.0 Å². The van der Waals surface area contributed by atoms with Gasteiger partial charge in [-0.2, -0.15) is 4.99 Å². The Balaban J connectivity index is 2.70. The molecule has 2 aromatic rings. The number of thiazole rings is 1. The Kier molecular flexibility index (Phi) is 4.98. The Morgan fingerprint density at radius 1 is 1.24 bits per heavy atom. The van der Waals surface area contributed by atoms with Crippen LogP contribution in [0.1, 0.15) is 6.92 Å². The number of fused-ring (bicyclic) bond motifs is 1. The van der Waals surface area contributed by atoms with E-state index in [0.717, 1.165) is 10.2 Å². The van der Waals surface area contributed by atoms with Gasteiger partial charge >= 0.3 is 0 Å². The molecule has 1 amide bonds. The van der Waals surface area contributed by atoms with E-state index in [4.69, 9.17) is 14.2 Å². The SMILES string of the molecule is COCCn1c(=NC(C)=O)sc2cc(OC)c(OC)cc21. The normalized spacial score (nSPS) is 11.9. The van der Waals surface area contributed by atoms with Crippen molar-refractivity contribution in [2.75, 3.05) is 27.9 Å². The molecule has 6 nitrogen and oxygen atoms in total. The first-order valence-corrected chi connectivity index (χ1v) is 7.22. The molecule has 0 unspecified atom stereocenters. The maximum atomic E-state index is 11.3. The number of carbonyl (C=O) groups excluding carboxylic acids is 1. The number of hydrogen-bond acceptors (Lipinski definition) is 5. The summed E-state index contributed by atoms with van der Waals surface area (Å²) in [5.74, 6) is 1.06. The van der Waals surface area contributed by atoms with Crippen molar-refractivity contribution in [3.63, 3.8) is 0 Å². The van der Waals surface area contributed by atoms with Crippen LogP contribution in [0.3, 0.4) is 0 Å². The molecule has 1 aromatic heterocycles. The molecule has 0 bridgehead atoms. The third-order valence-electron chi connectivity index (χ3n) is 2.96. The average Bonchev–Trinajstić information content (AvgIpc) is 2.78. The highest BCUT2D eigenvalue weighted by atomic mass is 32.1. The van der Waals surface area contributed by atoms with Gasteiger partial charge in [-0.05, 0) is 0 Å². The number of benzene rings is 1. The zero-order valence-corrected chi connectivity index (χ0v) is 13.3. The molecule has 0 aliphatic rings. The minimum absolute atomic E-state index is 0.230. The van der Waals surface area contributed by atoms with E-state index < -0.39 is 0 Å². The van der Waals surface area contributed by atoms with Crippen molar-refractivity contribution in [3.8, 4) is 11.5 Å².